The summed E-state index contributed by atoms with van der Waals surface area (Å²) >= 11 is 9.04. The normalized spacial score (nSPS) is 10.1. The second kappa shape index (κ2) is 5.93. The first-order chi connectivity index (χ1) is 8.63. The number of hydrogen-bond donors (Lipinski definition) is 1. The first-order valence-electron chi connectivity index (χ1n) is 5.15. The number of benzene rings is 1. The summed E-state index contributed by atoms with van der Waals surface area (Å²) in [5.41, 5.74) is 0.914. The van der Waals surface area contributed by atoms with Crippen LogP contribution in [-0.4, -0.2) is 15.9 Å². The van der Waals surface area contributed by atoms with Gasteiger partial charge in [-0.25, -0.2) is 4.98 Å². The summed E-state index contributed by atoms with van der Waals surface area (Å²) in [5.74, 6) is 0.187. The van der Waals surface area contributed by atoms with E-state index in [0.717, 1.165) is 10.0 Å². The Morgan fingerprint density at radius 2 is 2.22 bits per heavy atom. The van der Waals surface area contributed by atoms with E-state index in [-0.39, 0.29) is 17.5 Å². The number of rotatable bonds is 3. The smallest absolute Gasteiger partial charge is 0.229 e. The largest absolute Gasteiger partial charge is 0.309 e. The van der Waals surface area contributed by atoms with Crippen LogP contribution in [0.25, 0.3) is 0 Å². The van der Waals surface area contributed by atoms with Crippen molar-refractivity contribution in [3.05, 3.63) is 51.8 Å². The third kappa shape index (κ3) is 3.78. The van der Waals surface area contributed by atoms with Gasteiger partial charge < -0.3 is 5.32 Å². The molecule has 1 amide bonds. The van der Waals surface area contributed by atoms with Gasteiger partial charge in [0.05, 0.1) is 18.8 Å². The Hall–Kier alpha value is -1.46. The maximum Gasteiger partial charge on any atom is 0.229 e. The molecule has 92 valence electrons. The molecule has 0 saturated heterocycles. The number of carbonyl (C=O) groups excluding carboxylic acids is 1. The number of halogens is 2. The van der Waals surface area contributed by atoms with E-state index in [9.17, 15) is 4.79 Å². The van der Waals surface area contributed by atoms with Crippen molar-refractivity contribution in [2.45, 2.75) is 6.42 Å². The molecule has 0 atom stereocenters. The number of anilines is 1. The fourth-order valence-electron chi connectivity index (χ4n) is 1.42. The lowest BCUT2D eigenvalue weighted by molar-refractivity contribution is -0.115. The van der Waals surface area contributed by atoms with E-state index >= 15 is 0 Å². The fraction of sp³-hybridized carbons (Fsp3) is 0.0833. The number of amides is 1. The molecule has 1 aromatic carbocycles. The average Bonchev–Trinajstić information content (AvgIpc) is 2.28. The Kier molecular flexibility index (Phi) is 4.28. The van der Waals surface area contributed by atoms with E-state index < -0.39 is 0 Å². The summed E-state index contributed by atoms with van der Waals surface area (Å²) in [6.07, 6.45) is 3.13. The second-order valence-corrected chi connectivity index (χ2v) is 4.88. The van der Waals surface area contributed by atoms with E-state index in [0.29, 0.717) is 5.82 Å². The van der Waals surface area contributed by atoms with Gasteiger partial charge in [0.15, 0.2) is 5.82 Å². The van der Waals surface area contributed by atoms with E-state index in [2.05, 4.69) is 31.2 Å². The van der Waals surface area contributed by atoms with Crippen LogP contribution in [0, 0.1) is 0 Å². The Morgan fingerprint density at radius 3 is 2.94 bits per heavy atom. The van der Waals surface area contributed by atoms with Crippen molar-refractivity contribution in [2.75, 3.05) is 5.32 Å². The van der Waals surface area contributed by atoms with Gasteiger partial charge in [-0.15, -0.1) is 0 Å². The van der Waals surface area contributed by atoms with Crippen LogP contribution >= 0.6 is 27.5 Å². The zero-order valence-electron chi connectivity index (χ0n) is 9.23. The number of hydrogen-bond acceptors (Lipinski definition) is 3. The molecule has 2 rings (SSSR count). The van der Waals surface area contributed by atoms with Gasteiger partial charge in [-0.3, -0.25) is 9.78 Å². The minimum absolute atomic E-state index is 0.162. The predicted molar refractivity (Wildman–Crippen MR) is 73.5 cm³/mol. The van der Waals surface area contributed by atoms with Crippen molar-refractivity contribution in [3.63, 3.8) is 0 Å². The predicted octanol–water partition coefficient (Wildman–Crippen LogP) is 3.07. The minimum atomic E-state index is -0.162. The summed E-state index contributed by atoms with van der Waals surface area (Å²) in [6.45, 7) is 0. The van der Waals surface area contributed by atoms with Gasteiger partial charge in [-0.2, -0.15) is 0 Å². The van der Waals surface area contributed by atoms with Gasteiger partial charge in [0, 0.05) is 4.47 Å². The molecule has 4 nitrogen and oxygen atoms in total. The third-order valence-electron chi connectivity index (χ3n) is 2.13. The molecule has 0 aliphatic rings. The van der Waals surface area contributed by atoms with Crippen molar-refractivity contribution < 1.29 is 4.79 Å². The fourth-order valence-corrected chi connectivity index (χ4v) is 2.02. The molecule has 1 N–H and O–H groups in total. The Morgan fingerprint density at radius 1 is 1.39 bits per heavy atom. The van der Waals surface area contributed by atoms with Crippen LogP contribution in [-0.2, 0) is 11.2 Å². The van der Waals surface area contributed by atoms with Gasteiger partial charge in [0.25, 0.3) is 0 Å². The number of aromatic nitrogens is 2. The Labute approximate surface area is 118 Å². The van der Waals surface area contributed by atoms with Crippen molar-refractivity contribution in [3.8, 4) is 0 Å². The molecule has 0 radical (unpaired) electrons. The molecule has 0 unspecified atom stereocenters. The topological polar surface area (TPSA) is 54.9 Å². The van der Waals surface area contributed by atoms with Crippen LogP contribution in [0.3, 0.4) is 0 Å². The highest BCUT2D eigenvalue weighted by atomic mass is 79.9. The molecule has 6 heteroatoms. The summed E-state index contributed by atoms with van der Waals surface area (Å²) < 4.78 is 0.940. The van der Waals surface area contributed by atoms with Crippen LogP contribution in [0.15, 0.2) is 41.1 Å². The summed E-state index contributed by atoms with van der Waals surface area (Å²) in [7, 11) is 0. The number of nitrogens with zero attached hydrogens (tertiary/aromatic N) is 2. The lowest BCUT2D eigenvalue weighted by atomic mass is 10.1. The zero-order chi connectivity index (χ0) is 13.0. The lowest BCUT2D eigenvalue weighted by Crippen LogP contribution is -2.15. The molecule has 1 heterocycles. The Balaban J connectivity index is 2.01. The first-order valence-corrected chi connectivity index (χ1v) is 6.32. The van der Waals surface area contributed by atoms with Crippen LogP contribution in [0.1, 0.15) is 5.56 Å². The quantitative estimate of drug-likeness (QED) is 0.943. The molecule has 0 bridgehead atoms. The summed E-state index contributed by atoms with van der Waals surface area (Å²) in [5, 5.41) is 2.88. The van der Waals surface area contributed by atoms with Gasteiger partial charge in [0.1, 0.15) is 5.15 Å². The molecule has 0 fully saturated rings. The highest BCUT2D eigenvalue weighted by Gasteiger charge is 2.06. The summed E-state index contributed by atoms with van der Waals surface area (Å²) in [4.78, 5) is 19.5. The van der Waals surface area contributed by atoms with Crippen LogP contribution in [0.5, 0.6) is 0 Å². The van der Waals surface area contributed by atoms with Crippen LogP contribution in [0.4, 0.5) is 5.82 Å². The van der Waals surface area contributed by atoms with E-state index in [1.54, 1.807) is 0 Å². The second-order valence-electron chi connectivity index (χ2n) is 3.58. The first kappa shape index (κ1) is 13.0. The molecule has 0 spiro atoms. The Bertz CT molecular complexity index is 527. The van der Waals surface area contributed by atoms with Crippen molar-refractivity contribution in [1.82, 2.24) is 9.97 Å². The van der Waals surface area contributed by atoms with E-state index in [4.69, 9.17) is 11.6 Å². The highest BCUT2D eigenvalue weighted by molar-refractivity contribution is 9.10. The van der Waals surface area contributed by atoms with Gasteiger partial charge in [0.2, 0.25) is 5.91 Å². The van der Waals surface area contributed by atoms with Crippen LogP contribution in [0.2, 0.25) is 5.15 Å². The zero-order valence-corrected chi connectivity index (χ0v) is 11.6. The molecule has 0 aliphatic heterocycles. The number of carbonyl (C=O) groups is 1. The molecule has 2 aromatic rings. The maximum absolute atomic E-state index is 11.8. The minimum Gasteiger partial charge on any atom is -0.309 e. The maximum atomic E-state index is 11.8. The standard InChI is InChI=1S/C12H9BrClN3O/c13-9-3-1-2-8(4-9)5-12(18)17-11-7-15-6-10(14)16-11/h1-4,6-7H,5H2,(H,16,17,18). The molecule has 18 heavy (non-hydrogen) atoms. The van der Waals surface area contributed by atoms with Crippen molar-refractivity contribution in [2.24, 2.45) is 0 Å². The van der Waals surface area contributed by atoms with Crippen LogP contribution < -0.4 is 5.32 Å². The summed E-state index contributed by atoms with van der Waals surface area (Å²) in [6, 6.07) is 7.56. The van der Waals surface area contributed by atoms with Gasteiger partial charge in [-0.1, -0.05) is 39.7 Å². The SMILES string of the molecule is O=C(Cc1cccc(Br)c1)Nc1cncc(Cl)n1. The molecular weight excluding hydrogens is 318 g/mol. The third-order valence-corrected chi connectivity index (χ3v) is 2.80. The van der Waals surface area contributed by atoms with Crippen molar-refractivity contribution in [1.29, 1.82) is 0 Å². The van der Waals surface area contributed by atoms with Gasteiger partial charge >= 0.3 is 0 Å². The molecule has 0 saturated carbocycles. The lowest BCUT2D eigenvalue weighted by Gasteiger charge is -2.04. The number of nitrogens with one attached hydrogen (secondary N) is 1. The molecule has 1 aromatic heterocycles. The molecule has 0 aliphatic carbocycles. The van der Waals surface area contributed by atoms with Gasteiger partial charge in [-0.05, 0) is 17.7 Å². The average molecular weight is 327 g/mol. The molecular formula is C12H9BrClN3O. The van der Waals surface area contributed by atoms with E-state index in [1.807, 2.05) is 24.3 Å². The van der Waals surface area contributed by atoms with E-state index in [1.165, 1.54) is 12.4 Å². The monoisotopic (exact) mass is 325 g/mol. The van der Waals surface area contributed by atoms with Crippen molar-refractivity contribution >= 4 is 39.3 Å². The highest BCUT2D eigenvalue weighted by Crippen LogP contribution is 2.13.